The van der Waals surface area contributed by atoms with Crippen LogP contribution >= 0.6 is 23.1 Å². The molecular formula is C47H35N3S2. The smallest absolute Gasteiger partial charge is 0.164 e. The van der Waals surface area contributed by atoms with Gasteiger partial charge in [0.05, 0.1) is 0 Å². The predicted molar refractivity (Wildman–Crippen MR) is 220 cm³/mol. The number of thiophene rings is 1. The molecule has 0 saturated carbocycles. The van der Waals surface area contributed by atoms with Crippen LogP contribution in [0.3, 0.4) is 0 Å². The summed E-state index contributed by atoms with van der Waals surface area (Å²) in [5.74, 6) is 2.64. The van der Waals surface area contributed by atoms with Crippen LogP contribution in [0.25, 0.3) is 65.2 Å². The molecule has 250 valence electrons. The van der Waals surface area contributed by atoms with Crippen LogP contribution in [-0.2, 0) is 5.41 Å². The number of aromatic nitrogens is 3. The summed E-state index contributed by atoms with van der Waals surface area (Å²) in [6.07, 6.45) is 13.1. The summed E-state index contributed by atoms with van der Waals surface area (Å²) in [4.78, 5) is 18.4. The van der Waals surface area contributed by atoms with Gasteiger partial charge in [-0.15, -0.1) is 11.3 Å². The Morgan fingerprint density at radius 2 is 1.33 bits per heavy atom. The first kappa shape index (κ1) is 31.4. The van der Waals surface area contributed by atoms with Crippen molar-refractivity contribution in [1.29, 1.82) is 0 Å². The third-order valence-corrected chi connectivity index (χ3v) is 13.4. The molecule has 2 aromatic heterocycles. The first-order chi connectivity index (χ1) is 25.5. The van der Waals surface area contributed by atoms with Gasteiger partial charge in [-0.25, -0.2) is 15.0 Å². The molecule has 2 unspecified atom stereocenters. The minimum atomic E-state index is -0.109. The van der Waals surface area contributed by atoms with Gasteiger partial charge in [0.1, 0.15) is 0 Å². The largest absolute Gasteiger partial charge is 0.209 e. The highest BCUT2D eigenvalue weighted by Crippen LogP contribution is 2.57. The number of hydrogen-bond acceptors (Lipinski definition) is 5. The molecule has 3 nitrogen and oxygen atoms in total. The van der Waals surface area contributed by atoms with Crippen LogP contribution in [0.2, 0.25) is 0 Å². The van der Waals surface area contributed by atoms with Crippen molar-refractivity contribution in [2.24, 2.45) is 5.92 Å². The van der Waals surface area contributed by atoms with E-state index in [1.54, 1.807) is 0 Å². The molecule has 0 amide bonds. The minimum Gasteiger partial charge on any atom is -0.209 e. The molecule has 0 bridgehead atoms. The highest BCUT2D eigenvalue weighted by atomic mass is 32.2. The SMILES string of the molecule is CC1CC=CC=C1c1ccc(-c2cccc(-c3nc(C4=CC=C5Sc6ccccc6C5(C)C4)nc(-c4ccc5c(c4)sc4ccccc45)n3)c2)cc1. The highest BCUT2D eigenvalue weighted by molar-refractivity contribution is 8.03. The van der Waals surface area contributed by atoms with Crippen LogP contribution in [0.4, 0.5) is 0 Å². The fraction of sp³-hybridized carbons (Fsp3) is 0.128. The van der Waals surface area contributed by atoms with Gasteiger partial charge >= 0.3 is 0 Å². The monoisotopic (exact) mass is 705 g/mol. The molecule has 0 radical (unpaired) electrons. The van der Waals surface area contributed by atoms with Gasteiger partial charge in [0.2, 0.25) is 0 Å². The molecule has 1 aliphatic heterocycles. The lowest BCUT2D eigenvalue weighted by atomic mass is 9.74. The van der Waals surface area contributed by atoms with E-state index in [4.69, 9.17) is 15.0 Å². The van der Waals surface area contributed by atoms with E-state index in [1.165, 1.54) is 52.2 Å². The average molecular weight is 706 g/mol. The van der Waals surface area contributed by atoms with Crippen molar-refractivity contribution in [3.8, 4) is 33.9 Å². The minimum absolute atomic E-state index is 0.109. The second-order valence-electron chi connectivity index (χ2n) is 14.3. The van der Waals surface area contributed by atoms with Gasteiger partial charge in [-0.3, -0.25) is 0 Å². The first-order valence-corrected chi connectivity index (χ1v) is 19.6. The normalized spacial score (nSPS) is 19.3. The van der Waals surface area contributed by atoms with E-state index in [0.29, 0.717) is 17.6 Å². The van der Waals surface area contributed by atoms with Crippen molar-refractivity contribution in [3.05, 3.63) is 167 Å². The highest BCUT2D eigenvalue weighted by Gasteiger charge is 2.42. The predicted octanol–water partition coefficient (Wildman–Crippen LogP) is 13.0. The Morgan fingerprint density at radius 3 is 2.19 bits per heavy atom. The topological polar surface area (TPSA) is 38.7 Å². The zero-order valence-corrected chi connectivity index (χ0v) is 30.6. The molecule has 10 rings (SSSR count). The van der Waals surface area contributed by atoms with Crippen molar-refractivity contribution < 1.29 is 0 Å². The van der Waals surface area contributed by atoms with Gasteiger partial charge < -0.3 is 0 Å². The van der Waals surface area contributed by atoms with Crippen molar-refractivity contribution in [2.75, 3.05) is 0 Å². The van der Waals surface area contributed by atoms with Gasteiger partial charge in [0.25, 0.3) is 0 Å². The summed E-state index contributed by atoms with van der Waals surface area (Å²) in [6, 6.07) is 41.7. The van der Waals surface area contributed by atoms with E-state index in [1.807, 2.05) is 23.1 Å². The van der Waals surface area contributed by atoms with Crippen LogP contribution in [0.5, 0.6) is 0 Å². The van der Waals surface area contributed by atoms with E-state index >= 15 is 0 Å². The number of benzene rings is 5. The van der Waals surface area contributed by atoms with Crippen LogP contribution in [-0.4, -0.2) is 15.0 Å². The molecule has 7 aromatic rings. The van der Waals surface area contributed by atoms with E-state index < -0.39 is 0 Å². The van der Waals surface area contributed by atoms with Gasteiger partial charge in [-0.1, -0.05) is 147 Å². The van der Waals surface area contributed by atoms with Gasteiger partial charge in [0.15, 0.2) is 17.5 Å². The quantitative estimate of drug-likeness (QED) is 0.179. The summed E-state index contributed by atoms with van der Waals surface area (Å²) >= 11 is 3.70. The van der Waals surface area contributed by atoms with Crippen LogP contribution in [0.15, 0.2) is 155 Å². The third-order valence-electron chi connectivity index (χ3n) is 10.9. The number of thioether (sulfide) groups is 1. The zero-order chi connectivity index (χ0) is 34.8. The molecule has 2 atom stereocenters. The Morgan fingerprint density at radius 1 is 0.615 bits per heavy atom. The van der Waals surface area contributed by atoms with E-state index in [0.717, 1.165) is 40.9 Å². The Kier molecular flexibility index (Phi) is 7.48. The Labute approximate surface area is 312 Å². The summed E-state index contributed by atoms with van der Waals surface area (Å²) in [6.45, 7) is 4.66. The summed E-state index contributed by atoms with van der Waals surface area (Å²) in [5.41, 5.74) is 9.37. The first-order valence-electron chi connectivity index (χ1n) is 17.9. The van der Waals surface area contributed by atoms with Crippen molar-refractivity contribution in [3.63, 3.8) is 0 Å². The van der Waals surface area contributed by atoms with Crippen molar-refractivity contribution >= 4 is 54.4 Å². The van der Waals surface area contributed by atoms with Gasteiger partial charge in [-0.2, -0.15) is 0 Å². The zero-order valence-electron chi connectivity index (χ0n) is 29.0. The van der Waals surface area contributed by atoms with Crippen molar-refractivity contribution in [2.45, 2.75) is 37.0 Å². The maximum Gasteiger partial charge on any atom is 0.164 e. The molecular weight excluding hydrogens is 671 g/mol. The fourth-order valence-corrected chi connectivity index (χ4v) is 10.5. The molecule has 5 heteroatoms. The van der Waals surface area contributed by atoms with Crippen LogP contribution in [0, 0.1) is 5.92 Å². The lowest BCUT2D eigenvalue weighted by Crippen LogP contribution is -2.23. The average Bonchev–Trinajstić information content (AvgIpc) is 3.72. The Balaban J connectivity index is 1.07. The molecule has 0 saturated heterocycles. The molecule has 5 aromatic carbocycles. The molecule has 3 aliphatic rings. The van der Waals surface area contributed by atoms with E-state index in [-0.39, 0.29) is 5.41 Å². The molecule has 3 heterocycles. The Bertz CT molecular complexity index is 2690. The number of hydrogen-bond donors (Lipinski definition) is 0. The second-order valence-corrected chi connectivity index (χ2v) is 16.5. The standard InChI is InChI=1S/C47H35N3S2/c1-29-10-3-4-13-36(29)31-20-18-30(19-21-31)32-11-9-12-33(26-32)44-48-45(34-22-24-38-37-14-5-7-16-40(37)51-42(38)27-34)50-46(49-44)35-23-25-43-47(2,28-35)39-15-6-8-17-41(39)52-43/h3-9,11-27,29H,10,28H2,1-2H3. The van der Waals surface area contributed by atoms with E-state index in [2.05, 4.69) is 159 Å². The summed E-state index contributed by atoms with van der Waals surface area (Å²) in [7, 11) is 0. The summed E-state index contributed by atoms with van der Waals surface area (Å²) in [5, 5.41) is 2.55. The molecule has 0 fully saturated rings. The molecule has 0 spiro atoms. The Hall–Kier alpha value is -5.36. The molecule has 2 aliphatic carbocycles. The number of allylic oxidation sites excluding steroid dienone is 8. The maximum atomic E-state index is 5.23. The van der Waals surface area contributed by atoms with E-state index in [9.17, 15) is 0 Å². The molecule has 52 heavy (non-hydrogen) atoms. The number of nitrogens with zero attached hydrogens (tertiary/aromatic N) is 3. The van der Waals surface area contributed by atoms with Crippen LogP contribution in [0.1, 0.15) is 43.6 Å². The fourth-order valence-electron chi connectivity index (χ4n) is 8.01. The van der Waals surface area contributed by atoms with Gasteiger partial charge in [0, 0.05) is 46.5 Å². The van der Waals surface area contributed by atoms with Crippen LogP contribution < -0.4 is 0 Å². The lowest BCUT2D eigenvalue weighted by molar-refractivity contribution is 0.595. The molecule has 0 N–H and O–H groups in total. The van der Waals surface area contributed by atoms with Crippen molar-refractivity contribution in [1.82, 2.24) is 15.0 Å². The van der Waals surface area contributed by atoms with Gasteiger partial charge in [-0.05, 0) is 76.4 Å². The third kappa shape index (κ3) is 5.30. The number of fused-ring (bicyclic) bond motifs is 6. The maximum absolute atomic E-state index is 5.23. The lowest BCUT2D eigenvalue weighted by Gasteiger charge is -2.30. The summed E-state index contributed by atoms with van der Waals surface area (Å²) < 4.78 is 2.52. The number of rotatable bonds is 5. The second kappa shape index (κ2) is 12.4.